The second-order valence-corrected chi connectivity index (χ2v) is 5.23. The van der Waals surface area contributed by atoms with Crippen molar-refractivity contribution < 1.29 is 0 Å². The summed E-state index contributed by atoms with van der Waals surface area (Å²) >= 11 is 0. The molecule has 1 unspecified atom stereocenters. The highest BCUT2D eigenvalue weighted by atomic mass is 14.9. The van der Waals surface area contributed by atoms with E-state index >= 15 is 0 Å². The first-order chi connectivity index (χ1) is 8.85. The van der Waals surface area contributed by atoms with E-state index in [0.717, 1.165) is 0 Å². The van der Waals surface area contributed by atoms with Crippen LogP contribution < -0.4 is 5.32 Å². The van der Waals surface area contributed by atoms with Gasteiger partial charge < -0.3 is 5.32 Å². The van der Waals surface area contributed by atoms with Crippen LogP contribution in [0.3, 0.4) is 0 Å². The SMILES string of the molecule is C/C=C\c1cccc2c1CCC(NCCCC)C2. The topological polar surface area (TPSA) is 12.0 Å². The van der Waals surface area contributed by atoms with Crippen molar-refractivity contribution in [2.24, 2.45) is 0 Å². The first kappa shape index (κ1) is 13.4. The van der Waals surface area contributed by atoms with Crippen LogP contribution in [-0.4, -0.2) is 12.6 Å². The second-order valence-electron chi connectivity index (χ2n) is 5.23. The van der Waals surface area contributed by atoms with E-state index in [4.69, 9.17) is 0 Å². The number of nitrogens with one attached hydrogen (secondary N) is 1. The maximum atomic E-state index is 3.70. The summed E-state index contributed by atoms with van der Waals surface area (Å²) in [5, 5.41) is 3.70. The van der Waals surface area contributed by atoms with Gasteiger partial charge in [-0.05, 0) is 55.8 Å². The first-order valence-electron chi connectivity index (χ1n) is 7.32. The Morgan fingerprint density at radius 1 is 1.39 bits per heavy atom. The summed E-state index contributed by atoms with van der Waals surface area (Å²) in [5.74, 6) is 0. The van der Waals surface area contributed by atoms with E-state index in [1.807, 2.05) is 0 Å². The lowest BCUT2D eigenvalue weighted by Crippen LogP contribution is -2.35. The van der Waals surface area contributed by atoms with E-state index in [1.54, 1.807) is 11.1 Å². The maximum absolute atomic E-state index is 3.70. The van der Waals surface area contributed by atoms with Gasteiger partial charge in [-0.2, -0.15) is 0 Å². The summed E-state index contributed by atoms with van der Waals surface area (Å²) in [4.78, 5) is 0. The van der Waals surface area contributed by atoms with Gasteiger partial charge in [0.2, 0.25) is 0 Å². The third kappa shape index (κ3) is 3.23. The van der Waals surface area contributed by atoms with Crippen molar-refractivity contribution in [1.29, 1.82) is 0 Å². The molecule has 0 saturated carbocycles. The number of hydrogen-bond donors (Lipinski definition) is 1. The fourth-order valence-corrected chi connectivity index (χ4v) is 2.83. The van der Waals surface area contributed by atoms with Gasteiger partial charge in [0.05, 0.1) is 0 Å². The Balaban J connectivity index is 2.03. The van der Waals surface area contributed by atoms with Crippen molar-refractivity contribution >= 4 is 6.08 Å². The van der Waals surface area contributed by atoms with E-state index in [1.165, 1.54) is 44.2 Å². The zero-order chi connectivity index (χ0) is 12.8. The Morgan fingerprint density at radius 3 is 3.06 bits per heavy atom. The summed E-state index contributed by atoms with van der Waals surface area (Å²) in [5.41, 5.74) is 4.54. The zero-order valence-electron chi connectivity index (χ0n) is 11.7. The minimum atomic E-state index is 0.685. The fraction of sp³-hybridized carbons (Fsp3) is 0.529. The van der Waals surface area contributed by atoms with Gasteiger partial charge in [-0.15, -0.1) is 0 Å². The molecule has 1 atom stereocenters. The average molecular weight is 243 g/mol. The van der Waals surface area contributed by atoms with Gasteiger partial charge in [0.1, 0.15) is 0 Å². The molecule has 0 aromatic heterocycles. The maximum Gasteiger partial charge on any atom is 0.0111 e. The smallest absolute Gasteiger partial charge is 0.0111 e. The molecule has 1 aromatic rings. The number of fused-ring (bicyclic) bond motifs is 1. The second kappa shape index (κ2) is 6.75. The molecule has 0 fully saturated rings. The minimum absolute atomic E-state index is 0.685. The summed E-state index contributed by atoms with van der Waals surface area (Å²) in [7, 11) is 0. The summed E-state index contributed by atoms with van der Waals surface area (Å²) in [6.07, 6.45) is 10.7. The predicted molar refractivity (Wildman–Crippen MR) is 79.9 cm³/mol. The lowest BCUT2D eigenvalue weighted by Gasteiger charge is -2.27. The molecule has 1 aliphatic rings. The van der Waals surface area contributed by atoms with Crippen LogP contribution >= 0.6 is 0 Å². The van der Waals surface area contributed by atoms with Crippen LogP contribution in [0.4, 0.5) is 0 Å². The molecule has 1 nitrogen and oxygen atoms in total. The fourth-order valence-electron chi connectivity index (χ4n) is 2.83. The van der Waals surface area contributed by atoms with Crippen LogP contribution in [0.5, 0.6) is 0 Å². The molecule has 1 N–H and O–H groups in total. The average Bonchev–Trinajstić information content (AvgIpc) is 2.39. The largest absolute Gasteiger partial charge is 0.314 e. The summed E-state index contributed by atoms with van der Waals surface area (Å²) < 4.78 is 0. The highest BCUT2D eigenvalue weighted by Gasteiger charge is 2.19. The van der Waals surface area contributed by atoms with Crippen molar-refractivity contribution in [3.05, 3.63) is 41.0 Å². The van der Waals surface area contributed by atoms with E-state index in [2.05, 4.69) is 49.5 Å². The molecule has 2 rings (SSSR count). The Bertz CT molecular complexity index is 406. The molecular formula is C17H25N. The summed E-state index contributed by atoms with van der Waals surface area (Å²) in [6.45, 7) is 5.52. The minimum Gasteiger partial charge on any atom is -0.314 e. The Hall–Kier alpha value is -1.08. The normalized spacial score (nSPS) is 19.1. The van der Waals surface area contributed by atoms with E-state index in [9.17, 15) is 0 Å². The standard InChI is InChI=1S/C17H25N/c1-3-5-12-18-16-10-11-17-14(7-4-2)8-6-9-15(17)13-16/h4,6-9,16,18H,3,5,10-13H2,1-2H3/b7-4-. The molecule has 1 aromatic carbocycles. The molecule has 0 heterocycles. The lowest BCUT2D eigenvalue weighted by atomic mass is 9.85. The molecule has 1 heteroatoms. The van der Waals surface area contributed by atoms with E-state index < -0.39 is 0 Å². The van der Waals surface area contributed by atoms with Gasteiger partial charge in [-0.3, -0.25) is 0 Å². The first-order valence-corrected chi connectivity index (χ1v) is 7.32. The Labute approximate surface area is 111 Å². The molecule has 0 saturated heterocycles. The van der Waals surface area contributed by atoms with Crippen LogP contribution in [0.2, 0.25) is 0 Å². The van der Waals surface area contributed by atoms with Crippen LogP contribution in [0.25, 0.3) is 6.08 Å². The molecule has 0 aliphatic heterocycles. The van der Waals surface area contributed by atoms with Crippen LogP contribution in [-0.2, 0) is 12.8 Å². The molecule has 98 valence electrons. The van der Waals surface area contributed by atoms with Gasteiger partial charge in [0, 0.05) is 6.04 Å². The van der Waals surface area contributed by atoms with Crippen molar-refractivity contribution in [2.45, 2.75) is 52.0 Å². The Kier molecular flexibility index (Phi) is 5.00. The highest BCUT2D eigenvalue weighted by molar-refractivity contribution is 5.56. The quantitative estimate of drug-likeness (QED) is 0.772. The number of unbranched alkanes of at least 4 members (excludes halogenated alkanes) is 1. The van der Waals surface area contributed by atoms with Crippen LogP contribution in [0, 0.1) is 0 Å². The van der Waals surface area contributed by atoms with E-state index in [-0.39, 0.29) is 0 Å². The van der Waals surface area contributed by atoms with Gasteiger partial charge in [0.25, 0.3) is 0 Å². The lowest BCUT2D eigenvalue weighted by molar-refractivity contribution is 0.453. The monoisotopic (exact) mass is 243 g/mol. The van der Waals surface area contributed by atoms with Gasteiger partial charge in [-0.25, -0.2) is 0 Å². The molecular weight excluding hydrogens is 218 g/mol. The molecule has 1 aliphatic carbocycles. The van der Waals surface area contributed by atoms with Crippen molar-refractivity contribution in [3.63, 3.8) is 0 Å². The molecule has 0 bridgehead atoms. The van der Waals surface area contributed by atoms with Crippen LogP contribution in [0.15, 0.2) is 24.3 Å². The van der Waals surface area contributed by atoms with Crippen molar-refractivity contribution in [1.82, 2.24) is 5.32 Å². The van der Waals surface area contributed by atoms with Gasteiger partial charge in [0.15, 0.2) is 0 Å². The summed E-state index contributed by atoms with van der Waals surface area (Å²) in [6, 6.07) is 7.42. The number of benzene rings is 1. The number of rotatable bonds is 5. The highest BCUT2D eigenvalue weighted by Crippen LogP contribution is 2.25. The van der Waals surface area contributed by atoms with Gasteiger partial charge in [-0.1, -0.05) is 43.7 Å². The zero-order valence-corrected chi connectivity index (χ0v) is 11.7. The van der Waals surface area contributed by atoms with Gasteiger partial charge >= 0.3 is 0 Å². The van der Waals surface area contributed by atoms with E-state index in [0.29, 0.717) is 6.04 Å². The van der Waals surface area contributed by atoms with Crippen molar-refractivity contribution in [3.8, 4) is 0 Å². The third-order valence-electron chi connectivity index (χ3n) is 3.83. The molecule has 0 radical (unpaired) electrons. The molecule has 0 spiro atoms. The van der Waals surface area contributed by atoms with Crippen LogP contribution in [0.1, 0.15) is 49.8 Å². The third-order valence-corrected chi connectivity index (χ3v) is 3.83. The molecule has 0 amide bonds. The Morgan fingerprint density at radius 2 is 2.28 bits per heavy atom. The number of hydrogen-bond acceptors (Lipinski definition) is 1. The molecule has 18 heavy (non-hydrogen) atoms. The predicted octanol–water partition coefficient (Wildman–Crippen LogP) is 3.97. The number of allylic oxidation sites excluding steroid dienone is 1. The van der Waals surface area contributed by atoms with Crippen molar-refractivity contribution in [2.75, 3.05) is 6.54 Å².